The molecule has 0 saturated carbocycles. The molecule has 122 valence electrons. The molecule has 0 aliphatic heterocycles. The summed E-state index contributed by atoms with van der Waals surface area (Å²) in [4.78, 5) is 15.9. The minimum Gasteiger partial charge on any atom is -0.497 e. The van der Waals surface area contributed by atoms with Crippen molar-refractivity contribution in [3.8, 4) is 17.0 Å². The summed E-state index contributed by atoms with van der Waals surface area (Å²) >= 11 is 0. The number of hydrogen-bond acceptors (Lipinski definition) is 4. The molecule has 3 rings (SSSR count). The van der Waals surface area contributed by atoms with Gasteiger partial charge in [0.2, 0.25) is 6.04 Å². The number of nitro groups is 1. The van der Waals surface area contributed by atoms with Crippen LogP contribution in [0.2, 0.25) is 0 Å². The van der Waals surface area contributed by atoms with Crippen molar-refractivity contribution in [1.29, 1.82) is 0 Å². The first-order valence-corrected chi connectivity index (χ1v) is 7.81. The van der Waals surface area contributed by atoms with E-state index in [0.29, 0.717) is 12.0 Å². The fourth-order valence-electron chi connectivity index (χ4n) is 2.87. The minimum atomic E-state index is -0.741. The van der Waals surface area contributed by atoms with Gasteiger partial charge < -0.3 is 4.74 Å². The molecule has 0 radical (unpaired) electrons. The van der Waals surface area contributed by atoms with Crippen LogP contribution < -0.4 is 4.74 Å². The maximum atomic E-state index is 11.5. The highest BCUT2D eigenvalue weighted by Crippen LogP contribution is 2.32. The molecular formula is C19H18N2O3. The Morgan fingerprint density at radius 3 is 2.50 bits per heavy atom. The maximum Gasteiger partial charge on any atom is 0.238 e. The number of benzene rings is 2. The quantitative estimate of drug-likeness (QED) is 0.507. The number of para-hydroxylation sites is 1. The monoisotopic (exact) mass is 322 g/mol. The fourth-order valence-corrected chi connectivity index (χ4v) is 2.87. The summed E-state index contributed by atoms with van der Waals surface area (Å²) in [6.07, 6.45) is 0.434. The Hall–Kier alpha value is -2.95. The van der Waals surface area contributed by atoms with Gasteiger partial charge in [-0.05, 0) is 36.4 Å². The summed E-state index contributed by atoms with van der Waals surface area (Å²) < 4.78 is 5.18. The smallest absolute Gasteiger partial charge is 0.238 e. The third-order valence-corrected chi connectivity index (χ3v) is 4.13. The van der Waals surface area contributed by atoms with E-state index in [1.807, 2.05) is 61.5 Å². The standard InChI is InChI=1S/C19H18N2O3/c1-3-19(21(22)23)16-12-18(13-8-10-14(24-2)11-9-13)20-17-7-5-4-6-15(16)17/h4-12,19H,3H2,1-2H3. The van der Waals surface area contributed by atoms with Crippen LogP contribution in [-0.2, 0) is 0 Å². The van der Waals surface area contributed by atoms with E-state index in [1.165, 1.54) is 0 Å². The first-order valence-electron chi connectivity index (χ1n) is 7.81. The van der Waals surface area contributed by atoms with Crippen LogP contribution >= 0.6 is 0 Å². The van der Waals surface area contributed by atoms with Crippen LogP contribution in [0.3, 0.4) is 0 Å². The highest BCUT2D eigenvalue weighted by molar-refractivity contribution is 5.85. The van der Waals surface area contributed by atoms with Crippen molar-refractivity contribution in [2.24, 2.45) is 0 Å². The molecule has 0 N–H and O–H groups in total. The molecule has 0 amide bonds. The highest BCUT2D eigenvalue weighted by atomic mass is 16.6. The Labute approximate surface area is 140 Å². The number of fused-ring (bicyclic) bond motifs is 1. The Bertz CT molecular complexity index is 875. The summed E-state index contributed by atoms with van der Waals surface area (Å²) in [6.45, 7) is 1.83. The molecule has 3 aromatic rings. The zero-order valence-electron chi connectivity index (χ0n) is 13.6. The molecule has 1 unspecified atom stereocenters. The zero-order valence-corrected chi connectivity index (χ0v) is 13.6. The topological polar surface area (TPSA) is 65.3 Å². The van der Waals surface area contributed by atoms with Gasteiger partial charge in [0.15, 0.2) is 0 Å². The third kappa shape index (κ3) is 2.93. The summed E-state index contributed by atoms with van der Waals surface area (Å²) in [5.74, 6) is 0.761. The third-order valence-electron chi connectivity index (χ3n) is 4.13. The Balaban J connectivity index is 2.20. The molecule has 0 aliphatic rings. The molecule has 0 aliphatic carbocycles. The van der Waals surface area contributed by atoms with E-state index in [9.17, 15) is 10.1 Å². The first kappa shape index (κ1) is 15.9. The number of ether oxygens (including phenoxy) is 1. The van der Waals surface area contributed by atoms with E-state index in [2.05, 4.69) is 4.98 Å². The number of pyridine rings is 1. The van der Waals surface area contributed by atoms with Gasteiger partial charge in [0.25, 0.3) is 0 Å². The molecule has 5 heteroatoms. The van der Waals surface area contributed by atoms with Gasteiger partial charge in [-0.15, -0.1) is 0 Å². The molecule has 1 aromatic heterocycles. The molecule has 5 nitrogen and oxygen atoms in total. The average molecular weight is 322 g/mol. The van der Waals surface area contributed by atoms with Crippen LogP contribution in [0.4, 0.5) is 0 Å². The molecule has 24 heavy (non-hydrogen) atoms. The molecule has 0 saturated heterocycles. The highest BCUT2D eigenvalue weighted by Gasteiger charge is 2.24. The summed E-state index contributed by atoms with van der Waals surface area (Å²) in [7, 11) is 1.62. The molecule has 0 bridgehead atoms. The van der Waals surface area contributed by atoms with E-state index in [-0.39, 0.29) is 4.92 Å². The Morgan fingerprint density at radius 1 is 1.17 bits per heavy atom. The SMILES string of the molecule is CCC(c1cc(-c2ccc(OC)cc2)nc2ccccc12)[N+](=O)[O-]. The lowest BCUT2D eigenvalue weighted by atomic mass is 9.97. The Morgan fingerprint density at radius 2 is 1.88 bits per heavy atom. The number of methoxy groups -OCH3 is 1. The van der Waals surface area contributed by atoms with E-state index in [1.54, 1.807) is 7.11 Å². The van der Waals surface area contributed by atoms with Crippen LogP contribution in [0.5, 0.6) is 5.75 Å². The molecular weight excluding hydrogens is 304 g/mol. The van der Waals surface area contributed by atoms with Gasteiger partial charge in [-0.2, -0.15) is 0 Å². The molecule has 0 fully saturated rings. The van der Waals surface area contributed by atoms with Crippen LogP contribution in [0.25, 0.3) is 22.2 Å². The van der Waals surface area contributed by atoms with E-state index in [4.69, 9.17) is 4.74 Å². The minimum absolute atomic E-state index is 0.223. The van der Waals surface area contributed by atoms with Gasteiger partial charge in [0.05, 0.1) is 18.3 Å². The van der Waals surface area contributed by atoms with Crippen molar-refractivity contribution in [3.63, 3.8) is 0 Å². The second-order valence-electron chi connectivity index (χ2n) is 5.55. The summed E-state index contributed by atoms with van der Waals surface area (Å²) in [6, 6.07) is 16.2. The number of rotatable bonds is 5. The normalized spacial score (nSPS) is 12.1. The lowest BCUT2D eigenvalue weighted by Crippen LogP contribution is -2.10. The lowest BCUT2D eigenvalue weighted by Gasteiger charge is -2.13. The molecule has 1 atom stereocenters. The second-order valence-corrected chi connectivity index (χ2v) is 5.55. The summed E-state index contributed by atoms with van der Waals surface area (Å²) in [5, 5.41) is 12.3. The van der Waals surface area contributed by atoms with E-state index < -0.39 is 6.04 Å². The molecule has 0 spiro atoms. The van der Waals surface area contributed by atoms with E-state index >= 15 is 0 Å². The number of aromatic nitrogens is 1. The van der Waals surface area contributed by atoms with Crippen LogP contribution in [-0.4, -0.2) is 17.0 Å². The average Bonchev–Trinajstić information content (AvgIpc) is 2.62. The van der Waals surface area contributed by atoms with E-state index in [0.717, 1.165) is 27.9 Å². The van der Waals surface area contributed by atoms with Crippen molar-refractivity contribution in [3.05, 3.63) is 70.3 Å². The van der Waals surface area contributed by atoms with Crippen LogP contribution in [0, 0.1) is 10.1 Å². The number of nitrogens with zero attached hydrogens (tertiary/aromatic N) is 2. The van der Waals surface area contributed by atoms with Gasteiger partial charge in [-0.25, -0.2) is 4.98 Å². The Kier molecular flexibility index (Phi) is 4.42. The second kappa shape index (κ2) is 6.66. The first-order chi connectivity index (χ1) is 11.6. The van der Waals surface area contributed by atoms with Crippen molar-refractivity contribution in [2.45, 2.75) is 19.4 Å². The van der Waals surface area contributed by atoms with Gasteiger partial charge in [0.1, 0.15) is 5.75 Å². The van der Waals surface area contributed by atoms with Gasteiger partial charge in [0, 0.05) is 27.9 Å². The predicted octanol–water partition coefficient (Wildman–Crippen LogP) is 4.64. The molecule has 1 heterocycles. The predicted molar refractivity (Wildman–Crippen MR) is 93.8 cm³/mol. The number of hydrogen-bond donors (Lipinski definition) is 0. The zero-order chi connectivity index (χ0) is 17.1. The van der Waals surface area contributed by atoms with Gasteiger partial charge in [-0.1, -0.05) is 25.1 Å². The lowest BCUT2D eigenvalue weighted by molar-refractivity contribution is -0.529. The van der Waals surface area contributed by atoms with Crippen molar-refractivity contribution >= 4 is 10.9 Å². The maximum absolute atomic E-state index is 11.5. The summed E-state index contributed by atoms with van der Waals surface area (Å²) in [5.41, 5.74) is 3.10. The van der Waals surface area contributed by atoms with Gasteiger partial charge in [-0.3, -0.25) is 10.1 Å². The van der Waals surface area contributed by atoms with Crippen LogP contribution in [0.1, 0.15) is 24.9 Å². The van der Waals surface area contributed by atoms with Crippen molar-refractivity contribution in [2.75, 3.05) is 7.11 Å². The van der Waals surface area contributed by atoms with Crippen LogP contribution in [0.15, 0.2) is 54.6 Å². The largest absolute Gasteiger partial charge is 0.497 e. The van der Waals surface area contributed by atoms with Crippen molar-refractivity contribution < 1.29 is 9.66 Å². The molecule has 2 aromatic carbocycles. The van der Waals surface area contributed by atoms with Gasteiger partial charge >= 0.3 is 0 Å². The fraction of sp³-hybridized carbons (Fsp3) is 0.211. The van der Waals surface area contributed by atoms with Crippen molar-refractivity contribution in [1.82, 2.24) is 4.98 Å².